The minimum absolute atomic E-state index is 0.0188. The molecule has 0 saturated carbocycles. The summed E-state index contributed by atoms with van der Waals surface area (Å²) in [7, 11) is 0. The summed E-state index contributed by atoms with van der Waals surface area (Å²) in [6, 6.07) is 5.46. The molecule has 104 valence electrons. The molecule has 1 N–H and O–H groups in total. The molecule has 5 heteroatoms. The fourth-order valence-electron chi connectivity index (χ4n) is 2.32. The van der Waals surface area contributed by atoms with Crippen LogP contribution in [0.15, 0.2) is 24.3 Å². The van der Waals surface area contributed by atoms with Gasteiger partial charge in [-0.15, -0.1) is 0 Å². The van der Waals surface area contributed by atoms with E-state index in [9.17, 15) is 14.3 Å². The van der Waals surface area contributed by atoms with Crippen molar-refractivity contribution in [3.05, 3.63) is 30.1 Å². The highest BCUT2D eigenvalue weighted by Gasteiger charge is 2.31. The van der Waals surface area contributed by atoms with Crippen molar-refractivity contribution in [3.8, 4) is 5.75 Å². The first kappa shape index (κ1) is 13.8. The summed E-state index contributed by atoms with van der Waals surface area (Å²) in [5.41, 5.74) is 0. The average Bonchev–Trinajstić information content (AvgIpc) is 2.88. The Hall–Kier alpha value is -1.62. The van der Waals surface area contributed by atoms with Crippen LogP contribution in [0.25, 0.3) is 0 Å². The lowest BCUT2D eigenvalue weighted by atomic mass is 10.2. The molecule has 0 aromatic heterocycles. The summed E-state index contributed by atoms with van der Waals surface area (Å²) in [6.45, 7) is 2.30. The van der Waals surface area contributed by atoms with E-state index in [1.807, 2.05) is 0 Å². The van der Waals surface area contributed by atoms with E-state index in [0.717, 1.165) is 12.8 Å². The Balaban J connectivity index is 1.97. The molecule has 1 fully saturated rings. The fraction of sp³-hybridized carbons (Fsp3) is 0.500. The van der Waals surface area contributed by atoms with Gasteiger partial charge in [0.2, 0.25) is 0 Å². The predicted molar refractivity (Wildman–Crippen MR) is 68.3 cm³/mol. The van der Waals surface area contributed by atoms with Crippen LogP contribution in [-0.2, 0) is 4.79 Å². The molecule has 0 bridgehead atoms. The average molecular weight is 267 g/mol. The fourth-order valence-corrected chi connectivity index (χ4v) is 2.32. The number of hydrogen-bond acceptors (Lipinski definition) is 3. The molecule has 0 aliphatic carbocycles. The molecule has 2 atom stereocenters. The van der Waals surface area contributed by atoms with E-state index in [4.69, 9.17) is 4.74 Å². The number of ether oxygens (including phenoxy) is 1. The number of aliphatic hydroxyl groups excluding tert-OH is 1. The second-order valence-electron chi connectivity index (χ2n) is 4.72. The summed E-state index contributed by atoms with van der Waals surface area (Å²) in [6.07, 6.45) is 1.09. The molecule has 0 radical (unpaired) electrons. The van der Waals surface area contributed by atoms with Crippen molar-refractivity contribution in [1.82, 2.24) is 4.90 Å². The zero-order valence-corrected chi connectivity index (χ0v) is 10.9. The highest BCUT2D eigenvalue weighted by molar-refractivity contribution is 5.81. The third kappa shape index (κ3) is 3.23. The zero-order valence-electron chi connectivity index (χ0n) is 10.9. The van der Waals surface area contributed by atoms with Gasteiger partial charge in [0.1, 0.15) is 11.6 Å². The van der Waals surface area contributed by atoms with Crippen molar-refractivity contribution in [2.75, 3.05) is 13.2 Å². The normalized spacial score (nSPS) is 20.4. The molecule has 1 aliphatic rings. The highest BCUT2D eigenvalue weighted by atomic mass is 19.1. The molecule has 1 unspecified atom stereocenters. The number of aliphatic hydroxyl groups is 1. The monoisotopic (exact) mass is 267 g/mol. The van der Waals surface area contributed by atoms with Gasteiger partial charge in [0.15, 0.2) is 6.10 Å². The summed E-state index contributed by atoms with van der Waals surface area (Å²) < 4.78 is 18.3. The number of halogens is 1. The minimum Gasteiger partial charge on any atom is -0.481 e. The van der Waals surface area contributed by atoms with Gasteiger partial charge >= 0.3 is 0 Å². The molecule has 1 aromatic rings. The second kappa shape index (κ2) is 6.02. The van der Waals surface area contributed by atoms with E-state index < -0.39 is 6.10 Å². The van der Waals surface area contributed by atoms with Gasteiger partial charge in [0, 0.05) is 6.54 Å². The first-order valence-corrected chi connectivity index (χ1v) is 6.45. The maximum atomic E-state index is 12.8. The van der Waals surface area contributed by atoms with Crippen molar-refractivity contribution >= 4 is 5.91 Å². The van der Waals surface area contributed by atoms with Crippen LogP contribution in [0, 0.1) is 5.82 Å². The van der Waals surface area contributed by atoms with Gasteiger partial charge in [-0.2, -0.15) is 0 Å². The molecule has 0 spiro atoms. The smallest absolute Gasteiger partial charge is 0.263 e. The van der Waals surface area contributed by atoms with Crippen LogP contribution in [0.4, 0.5) is 4.39 Å². The number of carbonyl (C=O) groups is 1. The lowest BCUT2D eigenvalue weighted by Crippen LogP contribution is -2.44. The number of amides is 1. The molecule has 1 heterocycles. The lowest BCUT2D eigenvalue weighted by Gasteiger charge is -2.26. The van der Waals surface area contributed by atoms with E-state index >= 15 is 0 Å². The Kier molecular flexibility index (Phi) is 4.37. The molecule has 1 saturated heterocycles. The van der Waals surface area contributed by atoms with Crippen LogP contribution in [-0.4, -0.2) is 41.2 Å². The Morgan fingerprint density at radius 2 is 2.21 bits per heavy atom. The van der Waals surface area contributed by atoms with E-state index in [-0.39, 0.29) is 24.4 Å². The summed E-state index contributed by atoms with van der Waals surface area (Å²) in [5.74, 6) is -0.0194. The maximum Gasteiger partial charge on any atom is 0.263 e. The first-order chi connectivity index (χ1) is 9.11. The number of likely N-dealkylation sites (tertiary alicyclic amines) is 1. The molecular formula is C14H18FNO3. The molecule has 4 nitrogen and oxygen atoms in total. The second-order valence-corrected chi connectivity index (χ2v) is 4.72. The molecule has 1 aromatic carbocycles. The lowest BCUT2D eigenvalue weighted by molar-refractivity contribution is -0.139. The summed E-state index contributed by atoms with van der Waals surface area (Å²) >= 11 is 0. The van der Waals surface area contributed by atoms with Crippen LogP contribution in [0.5, 0.6) is 5.75 Å². The molecule has 2 rings (SSSR count). The quantitative estimate of drug-likeness (QED) is 0.901. The number of carbonyl (C=O) groups excluding carboxylic acids is 1. The Morgan fingerprint density at radius 1 is 1.53 bits per heavy atom. The van der Waals surface area contributed by atoms with Crippen molar-refractivity contribution < 1.29 is 19.0 Å². The van der Waals surface area contributed by atoms with Crippen molar-refractivity contribution in [1.29, 1.82) is 0 Å². The molecule has 1 amide bonds. The first-order valence-electron chi connectivity index (χ1n) is 6.45. The van der Waals surface area contributed by atoms with Crippen molar-refractivity contribution in [3.63, 3.8) is 0 Å². The van der Waals surface area contributed by atoms with E-state index in [1.54, 1.807) is 11.8 Å². The number of rotatable bonds is 4. The van der Waals surface area contributed by atoms with Crippen LogP contribution in [0.1, 0.15) is 19.8 Å². The summed E-state index contributed by atoms with van der Waals surface area (Å²) in [5, 5.41) is 9.21. The van der Waals surface area contributed by atoms with Crippen molar-refractivity contribution in [2.45, 2.75) is 31.9 Å². The zero-order chi connectivity index (χ0) is 13.8. The largest absolute Gasteiger partial charge is 0.481 e. The minimum atomic E-state index is -0.641. The summed E-state index contributed by atoms with van der Waals surface area (Å²) in [4.78, 5) is 13.9. The Morgan fingerprint density at radius 3 is 2.84 bits per heavy atom. The van der Waals surface area contributed by atoms with E-state index in [0.29, 0.717) is 12.3 Å². The van der Waals surface area contributed by atoms with Gasteiger partial charge in [-0.3, -0.25) is 4.79 Å². The van der Waals surface area contributed by atoms with Crippen molar-refractivity contribution in [2.24, 2.45) is 0 Å². The van der Waals surface area contributed by atoms with Gasteiger partial charge in [0.25, 0.3) is 5.91 Å². The maximum absolute atomic E-state index is 12.8. The van der Waals surface area contributed by atoms with Gasteiger partial charge in [0.05, 0.1) is 12.6 Å². The third-order valence-corrected chi connectivity index (χ3v) is 3.35. The van der Waals surface area contributed by atoms with Gasteiger partial charge in [-0.05, 0) is 44.0 Å². The van der Waals surface area contributed by atoms with E-state index in [1.165, 1.54) is 24.3 Å². The topological polar surface area (TPSA) is 49.8 Å². The van der Waals surface area contributed by atoms with Crippen LogP contribution in [0.3, 0.4) is 0 Å². The van der Waals surface area contributed by atoms with E-state index in [2.05, 4.69) is 0 Å². The Labute approximate surface area is 111 Å². The molecule has 19 heavy (non-hydrogen) atoms. The number of hydrogen-bond donors (Lipinski definition) is 1. The van der Waals surface area contributed by atoms with Crippen LogP contribution >= 0.6 is 0 Å². The molecule has 1 aliphatic heterocycles. The number of nitrogens with zero attached hydrogens (tertiary/aromatic N) is 1. The number of benzene rings is 1. The van der Waals surface area contributed by atoms with Crippen LogP contribution in [0.2, 0.25) is 0 Å². The predicted octanol–water partition coefficient (Wildman–Crippen LogP) is 1.58. The highest BCUT2D eigenvalue weighted by Crippen LogP contribution is 2.20. The standard InChI is InChI=1S/C14H18FNO3/c1-10(19-13-6-4-11(15)5-7-13)14(18)16-8-2-3-12(16)9-17/h4-7,10,12,17H,2-3,8-9H2,1H3/t10?,12-/m1/s1. The van der Waals surface area contributed by atoms with Gasteiger partial charge in [-0.1, -0.05) is 0 Å². The van der Waals surface area contributed by atoms with Gasteiger partial charge in [-0.25, -0.2) is 4.39 Å². The van der Waals surface area contributed by atoms with Crippen LogP contribution < -0.4 is 4.74 Å². The van der Waals surface area contributed by atoms with Gasteiger partial charge < -0.3 is 14.7 Å². The third-order valence-electron chi connectivity index (χ3n) is 3.35. The molecular weight excluding hydrogens is 249 g/mol. The Bertz CT molecular complexity index is 435. The SMILES string of the molecule is CC(Oc1ccc(F)cc1)C(=O)N1CCC[C@@H]1CO.